The van der Waals surface area contributed by atoms with Gasteiger partial charge >= 0.3 is 0 Å². The Kier molecular flexibility index (Phi) is 8.66. The lowest BCUT2D eigenvalue weighted by molar-refractivity contribution is 0.0839. The molecule has 1 aliphatic rings. The third kappa shape index (κ3) is 4.96. The Morgan fingerprint density at radius 1 is 1.23 bits per heavy atom. The first-order valence-electron chi connectivity index (χ1n) is 6.93. The van der Waals surface area contributed by atoms with Crippen LogP contribution in [0.1, 0.15) is 32.4 Å². The normalized spacial score (nSPS) is 17.3. The molecule has 0 bridgehead atoms. The molecule has 0 amide bonds. The Morgan fingerprint density at radius 3 is 2.27 bits per heavy atom. The van der Waals surface area contributed by atoms with Gasteiger partial charge in [0.05, 0.1) is 4.47 Å². The summed E-state index contributed by atoms with van der Waals surface area (Å²) < 4.78 is 14.2. The lowest BCUT2D eigenvalue weighted by atomic mass is 9.80. The molecule has 0 unspecified atom stereocenters. The molecular formula is C15H24BrCl2FN2O. The third-order valence-electron chi connectivity index (χ3n) is 3.69. The van der Waals surface area contributed by atoms with Crippen LogP contribution in [-0.2, 0) is 0 Å². The summed E-state index contributed by atoms with van der Waals surface area (Å²) >= 11 is 3.24. The van der Waals surface area contributed by atoms with E-state index in [0.29, 0.717) is 10.0 Å². The largest absolute Gasteiger partial charge is 0.506 e. The quantitative estimate of drug-likeness (QED) is 0.759. The van der Waals surface area contributed by atoms with Crippen molar-refractivity contribution in [2.45, 2.75) is 26.8 Å². The minimum Gasteiger partial charge on any atom is -0.506 e. The molecule has 2 rings (SSSR count). The van der Waals surface area contributed by atoms with Gasteiger partial charge in [0.15, 0.2) is 0 Å². The number of rotatable bonds is 2. The van der Waals surface area contributed by atoms with E-state index in [1.165, 1.54) is 12.1 Å². The maximum Gasteiger partial charge on any atom is 0.134 e. The zero-order valence-corrected chi connectivity index (χ0v) is 16.2. The molecule has 1 heterocycles. The molecule has 2 N–H and O–H groups in total. The topological polar surface area (TPSA) is 35.5 Å². The van der Waals surface area contributed by atoms with Crippen LogP contribution >= 0.6 is 40.7 Å². The molecular weight excluding hydrogens is 394 g/mol. The summed E-state index contributed by atoms with van der Waals surface area (Å²) in [6, 6.07) is 2.74. The Balaban J connectivity index is 0.00000220. The fraction of sp³-hybridized carbons (Fsp3) is 0.600. The first-order valence-corrected chi connectivity index (χ1v) is 7.72. The van der Waals surface area contributed by atoms with E-state index >= 15 is 0 Å². The highest BCUT2D eigenvalue weighted by molar-refractivity contribution is 9.10. The number of phenolic OH excluding ortho intramolecular Hbond substituents is 1. The monoisotopic (exact) mass is 416 g/mol. The van der Waals surface area contributed by atoms with E-state index in [-0.39, 0.29) is 47.8 Å². The lowest BCUT2D eigenvalue weighted by Gasteiger charge is -2.42. The molecule has 128 valence electrons. The molecule has 1 saturated heterocycles. The van der Waals surface area contributed by atoms with E-state index in [0.717, 1.165) is 26.2 Å². The number of nitrogens with zero attached hydrogens (tertiary/aromatic N) is 1. The van der Waals surface area contributed by atoms with E-state index in [2.05, 4.69) is 46.9 Å². The summed E-state index contributed by atoms with van der Waals surface area (Å²) in [4.78, 5) is 2.32. The molecule has 22 heavy (non-hydrogen) atoms. The number of piperazine rings is 1. The van der Waals surface area contributed by atoms with Crippen molar-refractivity contribution in [3.63, 3.8) is 0 Å². The van der Waals surface area contributed by atoms with Gasteiger partial charge in [0, 0.05) is 37.8 Å². The van der Waals surface area contributed by atoms with Gasteiger partial charge in [-0.3, -0.25) is 4.90 Å². The SMILES string of the molecule is CC(C)(C)[C@@H](c1cc(F)cc(Br)c1O)N1CCNCC1.Cl.Cl. The third-order valence-corrected chi connectivity index (χ3v) is 4.29. The van der Waals surface area contributed by atoms with Gasteiger partial charge in [-0.15, -0.1) is 24.8 Å². The van der Waals surface area contributed by atoms with E-state index < -0.39 is 0 Å². The van der Waals surface area contributed by atoms with Crippen LogP contribution in [0.3, 0.4) is 0 Å². The van der Waals surface area contributed by atoms with Crippen LogP contribution in [-0.4, -0.2) is 36.2 Å². The summed E-state index contributed by atoms with van der Waals surface area (Å²) in [5, 5.41) is 13.7. The van der Waals surface area contributed by atoms with Gasteiger partial charge in [0.1, 0.15) is 11.6 Å². The summed E-state index contributed by atoms with van der Waals surface area (Å²) in [5.41, 5.74) is 0.563. The minimum absolute atomic E-state index is 0. The molecule has 0 aromatic heterocycles. The van der Waals surface area contributed by atoms with Crippen molar-refractivity contribution in [2.75, 3.05) is 26.2 Å². The van der Waals surface area contributed by atoms with Crippen molar-refractivity contribution in [1.29, 1.82) is 0 Å². The summed E-state index contributed by atoms with van der Waals surface area (Å²) in [5.74, 6) is -0.182. The van der Waals surface area contributed by atoms with Gasteiger partial charge in [0.25, 0.3) is 0 Å². The van der Waals surface area contributed by atoms with Gasteiger partial charge in [-0.25, -0.2) is 4.39 Å². The fourth-order valence-corrected chi connectivity index (χ4v) is 3.39. The van der Waals surface area contributed by atoms with E-state index in [4.69, 9.17) is 0 Å². The summed E-state index contributed by atoms with van der Waals surface area (Å²) in [6.45, 7) is 10.0. The Labute approximate surface area is 152 Å². The van der Waals surface area contributed by atoms with E-state index in [9.17, 15) is 9.50 Å². The number of hydrogen-bond acceptors (Lipinski definition) is 3. The van der Waals surface area contributed by atoms with Gasteiger partial charge in [-0.05, 0) is 33.5 Å². The zero-order chi connectivity index (χ0) is 14.9. The number of hydrogen-bond donors (Lipinski definition) is 2. The van der Waals surface area contributed by atoms with Gasteiger partial charge < -0.3 is 10.4 Å². The number of nitrogens with one attached hydrogen (secondary N) is 1. The Hall–Kier alpha value is -0.0700. The lowest BCUT2D eigenvalue weighted by Crippen LogP contribution is -2.48. The number of benzene rings is 1. The highest BCUT2D eigenvalue weighted by atomic mass is 79.9. The molecule has 1 fully saturated rings. The van der Waals surface area contributed by atoms with Crippen LogP contribution in [0, 0.1) is 11.2 Å². The van der Waals surface area contributed by atoms with Crippen LogP contribution in [0.15, 0.2) is 16.6 Å². The first kappa shape index (κ1) is 21.9. The predicted molar refractivity (Wildman–Crippen MR) is 96.9 cm³/mol. The van der Waals surface area contributed by atoms with Gasteiger partial charge in [-0.2, -0.15) is 0 Å². The average Bonchev–Trinajstić information content (AvgIpc) is 2.35. The molecule has 0 aliphatic carbocycles. The molecule has 0 spiro atoms. The van der Waals surface area contributed by atoms with Crippen molar-refractivity contribution in [2.24, 2.45) is 5.41 Å². The van der Waals surface area contributed by atoms with Gasteiger partial charge in [-0.1, -0.05) is 20.8 Å². The Bertz CT molecular complexity index is 491. The molecule has 7 heteroatoms. The van der Waals surface area contributed by atoms with E-state index in [1.54, 1.807) is 0 Å². The summed E-state index contributed by atoms with van der Waals surface area (Å²) in [7, 11) is 0. The summed E-state index contributed by atoms with van der Waals surface area (Å²) in [6.07, 6.45) is 0. The second-order valence-electron chi connectivity index (χ2n) is 6.38. The highest BCUT2D eigenvalue weighted by Gasteiger charge is 2.35. The zero-order valence-electron chi connectivity index (χ0n) is 13.0. The van der Waals surface area contributed by atoms with Crippen molar-refractivity contribution < 1.29 is 9.50 Å². The molecule has 0 saturated carbocycles. The first-order chi connectivity index (χ1) is 9.30. The van der Waals surface area contributed by atoms with Crippen LogP contribution in [0.25, 0.3) is 0 Å². The van der Waals surface area contributed by atoms with Crippen molar-refractivity contribution in [3.8, 4) is 5.75 Å². The van der Waals surface area contributed by atoms with Crippen LogP contribution in [0.5, 0.6) is 5.75 Å². The second kappa shape index (κ2) is 8.69. The predicted octanol–water partition coefficient (Wildman–Crippen LogP) is 4.13. The van der Waals surface area contributed by atoms with E-state index in [1.807, 2.05) is 0 Å². The average molecular weight is 418 g/mol. The van der Waals surface area contributed by atoms with Crippen LogP contribution < -0.4 is 5.32 Å². The molecule has 1 aromatic carbocycles. The van der Waals surface area contributed by atoms with Gasteiger partial charge in [0.2, 0.25) is 0 Å². The number of phenols is 1. The van der Waals surface area contributed by atoms with Crippen LogP contribution in [0.2, 0.25) is 0 Å². The molecule has 1 atom stereocenters. The molecule has 1 aliphatic heterocycles. The minimum atomic E-state index is -0.325. The van der Waals surface area contributed by atoms with Crippen molar-refractivity contribution >= 4 is 40.7 Å². The maximum atomic E-state index is 13.8. The van der Waals surface area contributed by atoms with Crippen molar-refractivity contribution in [3.05, 3.63) is 28.0 Å². The second-order valence-corrected chi connectivity index (χ2v) is 7.23. The maximum absolute atomic E-state index is 13.8. The molecule has 0 radical (unpaired) electrons. The Morgan fingerprint density at radius 2 is 1.77 bits per heavy atom. The van der Waals surface area contributed by atoms with Crippen LogP contribution in [0.4, 0.5) is 4.39 Å². The standard InChI is InChI=1S/C15H22BrFN2O.2ClH/c1-15(2,3)14(19-6-4-18-5-7-19)11-8-10(17)9-12(16)13(11)20;;/h8-9,14,18,20H,4-7H2,1-3H3;2*1H/t14-;;/m1../s1. The number of halogens is 4. The van der Waals surface area contributed by atoms with Crippen molar-refractivity contribution in [1.82, 2.24) is 10.2 Å². The molecule has 1 aromatic rings. The highest BCUT2D eigenvalue weighted by Crippen LogP contribution is 2.44. The molecule has 3 nitrogen and oxygen atoms in total. The smallest absolute Gasteiger partial charge is 0.134 e. The number of aromatic hydroxyl groups is 1. The fourth-order valence-electron chi connectivity index (χ4n) is 2.95.